The van der Waals surface area contributed by atoms with Crippen LogP contribution in [0, 0.1) is 6.92 Å². The summed E-state index contributed by atoms with van der Waals surface area (Å²) in [6.45, 7) is 9.83. The van der Waals surface area contributed by atoms with Gasteiger partial charge >= 0.3 is 0 Å². The monoisotopic (exact) mass is 234 g/mol. The SMILES string of the molecule is Cc1ccc(C(C)NCC(C)(C)N(C)C)cc1. The minimum atomic E-state index is 0.180. The number of rotatable bonds is 5. The summed E-state index contributed by atoms with van der Waals surface area (Å²) in [5, 5.41) is 3.60. The quantitative estimate of drug-likeness (QED) is 0.842. The van der Waals surface area contributed by atoms with Gasteiger partial charge in [-0.15, -0.1) is 0 Å². The maximum Gasteiger partial charge on any atom is 0.0292 e. The van der Waals surface area contributed by atoms with Gasteiger partial charge in [0.05, 0.1) is 0 Å². The molecule has 0 heterocycles. The third-order valence-corrected chi connectivity index (χ3v) is 3.63. The normalized spacial score (nSPS) is 14.1. The van der Waals surface area contributed by atoms with E-state index in [2.05, 4.69) is 76.3 Å². The van der Waals surface area contributed by atoms with Gasteiger partial charge in [-0.3, -0.25) is 0 Å². The Bertz CT molecular complexity index is 338. The molecule has 2 nitrogen and oxygen atoms in total. The van der Waals surface area contributed by atoms with Crippen LogP contribution in [0.3, 0.4) is 0 Å². The highest BCUT2D eigenvalue weighted by Crippen LogP contribution is 2.15. The lowest BCUT2D eigenvalue weighted by Crippen LogP contribution is -2.47. The van der Waals surface area contributed by atoms with Crippen LogP contribution in [0.1, 0.15) is 37.9 Å². The molecule has 0 aliphatic heterocycles. The maximum absolute atomic E-state index is 3.60. The van der Waals surface area contributed by atoms with Crippen molar-refractivity contribution in [1.29, 1.82) is 0 Å². The van der Waals surface area contributed by atoms with Crippen LogP contribution in [-0.2, 0) is 0 Å². The number of nitrogens with one attached hydrogen (secondary N) is 1. The molecule has 96 valence electrons. The lowest BCUT2D eigenvalue weighted by molar-refractivity contribution is 0.185. The van der Waals surface area contributed by atoms with Gasteiger partial charge in [-0.05, 0) is 47.4 Å². The molecule has 0 saturated heterocycles. The standard InChI is InChI=1S/C15H26N2/c1-12-7-9-14(10-8-12)13(2)16-11-15(3,4)17(5)6/h7-10,13,16H,11H2,1-6H3. The second-order valence-corrected chi connectivity index (χ2v) is 5.72. The first-order chi connectivity index (χ1) is 7.83. The van der Waals surface area contributed by atoms with E-state index in [-0.39, 0.29) is 5.54 Å². The van der Waals surface area contributed by atoms with Crippen molar-refractivity contribution in [3.05, 3.63) is 35.4 Å². The van der Waals surface area contributed by atoms with Gasteiger partial charge < -0.3 is 10.2 Å². The average molecular weight is 234 g/mol. The number of benzene rings is 1. The van der Waals surface area contributed by atoms with Gasteiger partial charge in [0.1, 0.15) is 0 Å². The Morgan fingerprint density at radius 3 is 2.18 bits per heavy atom. The van der Waals surface area contributed by atoms with Crippen LogP contribution >= 0.6 is 0 Å². The minimum Gasteiger partial charge on any atom is -0.308 e. The zero-order chi connectivity index (χ0) is 13.1. The molecule has 0 aromatic heterocycles. The highest BCUT2D eigenvalue weighted by Gasteiger charge is 2.20. The summed E-state index contributed by atoms with van der Waals surface area (Å²) >= 11 is 0. The van der Waals surface area contributed by atoms with E-state index in [1.807, 2.05) is 0 Å². The molecule has 0 bridgehead atoms. The Hall–Kier alpha value is -0.860. The second-order valence-electron chi connectivity index (χ2n) is 5.72. The van der Waals surface area contributed by atoms with Gasteiger partial charge in [0.25, 0.3) is 0 Å². The Balaban J connectivity index is 2.55. The van der Waals surface area contributed by atoms with Crippen LogP contribution in [0.5, 0.6) is 0 Å². The van der Waals surface area contributed by atoms with Gasteiger partial charge in [0.15, 0.2) is 0 Å². The van der Waals surface area contributed by atoms with E-state index < -0.39 is 0 Å². The number of nitrogens with zero attached hydrogens (tertiary/aromatic N) is 1. The minimum absolute atomic E-state index is 0.180. The van der Waals surface area contributed by atoms with E-state index >= 15 is 0 Å². The van der Waals surface area contributed by atoms with E-state index in [9.17, 15) is 0 Å². The Kier molecular flexibility index (Phi) is 4.72. The van der Waals surface area contributed by atoms with Crippen molar-refractivity contribution < 1.29 is 0 Å². The zero-order valence-electron chi connectivity index (χ0n) is 12.0. The second kappa shape index (κ2) is 5.65. The number of likely N-dealkylation sites (N-methyl/N-ethyl adjacent to an activating group) is 1. The maximum atomic E-state index is 3.60. The van der Waals surface area contributed by atoms with Crippen molar-refractivity contribution in [3.8, 4) is 0 Å². The summed E-state index contributed by atoms with van der Waals surface area (Å²) < 4.78 is 0. The number of aryl methyl sites for hydroxylation is 1. The van der Waals surface area contributed by atoms with Crippen LogP contribution in [0.4, 0.5) is 0 Å². The van der Waals surface area contributed by atoms with Crippen molar-refractivity contribution in [2.24, 2.45) is 0 Å². The van der Waals surface area contributed by atoms with E-state index in [4.69, 9.17) is 0 Å². The van der Waals surface area contributed by atoms with E-state index in [0.29, 0.717) is 6.04 Å². The Labute approximate surface area is 106 Å². The summed E-state index contributed by atoms with van der Waals surface area (Å²) in [7, 11) is 4.25. The van der Waals surface area contributed by atoms with Crippen molar-refractivity contribution in [2.45, 2.75) is 39.3 Å². The molecule has 0 fully saturated rings. The summed E-state index contributed by atoms with van der Waals surface area (Å²) in [5.41, 5.74) is 2.85. The lowest BCUT2D eigenvalue weighted by Gasteiger charge is -2.34. The fraction of sp³-hybridized carbons (Fsp3) is 0.600. The van der Waals surface area contributed by atoms with Gasteiger partial charge in [-0.2, -0.15) is 0 Å². The number of hydrogen-bond acceptors (Lipinski definition) is 2. The van der Waals surface area contributed by atoms with Crippen molar-refractivity contribution in [1.82, 2.24) is 10.2 Å². The molecule has 1 aromatic carbocycles. The fourth-order valence-electron chi connectivity index (χ4n) is 1.53. The molecule has 1 atom stereocenters. The van der Waals surface area contributed by atoms with Crippen molar-refractivity contribution >= 4 is 0 Å². The van der Waals surface area contributed by atoms with E-state index in [1.165, 1.54) is 11.1 Å². The molecule has 0 saturated carbocycles. The summed E-state index contributed by atoms with van der Waals surface area (Å²) in [5.74, 6) is 0. The van der Waals surface area contributed by atoms with Crippen molar-refractivity contribution in [3.63, 3.8) is 0 Å². The third-order valence-electron chi connectivity index (χ3n) is 3.63. The zero-order valence-corrected chi connectivity index (χ0v) is 12.0. The van der Waals surface area contributed by atoms with Crippen LogP contribution < -0.4 is 5.32 Å². The lowest BCUT2D eigenvalue weighted by atomic mass is 10.0. The molecule has 1 unspecified atom stereocenters. The van der Waals surface area contributed by atoms with Gasteiger partial charge in [0, 0.05) is 18.1 Å². The van der Waals surface area contributed by atoms with Crippen LogP contribution in [-0.4, -0.2) is 31.1 Å². The van der Waals surface area contributed by atoms with Crippen LogP contribution in [0.2, 0.25) is 0 Å². The molecule has 1 N–H and O–H groups in total. The van der Waals surface area contributed by atoms with E-state index in [1.54, 1.807) is 0 Å². The Morgan fingerprint density at radius 1 is 1.18 bits per heavy atom. The molecule has 17 heavy (non-hydrogen) atoms. The van der Waals surface area contributed by atoms with Gasteiger partial charge in [-0.1, -0.05) is 29.8 Å². The fourth-order valence-corrected chi connectivity index (χ4v) is 1.53. The number of hydrogen-bond donors (Lipinski definition) is 1. The summed E-state index contributed by atoms with van der Waals surface area (Å²) in [6.07, 6.45) is 0. The molecule has 0 amide bonds. The topological polar surface area (TPSA) is 15.3 Å². The molecule has 2 heteroatoms. The van der Waals surface area contributed by atoms with Gasteiger partial charge in [-0.25, -0.2) is 0 Å². The molecule has 1 rings (SSSR count). The predicted octanol–water partition coefficient (Wildman–Crippen LogP) is 2.99. The highest BCUT2D eigenvalue weighted by atomic mass is 15.2. The van der Waals surface area contributed by atoms with Crippen LogP contribution in [0.25, 0.3) is 0 Å². The van der Waals surface area contributed by atoms with Crippen molar-refractivity contribution in [2.75, 3.05) is 20.6 Å². The summed E-state index contributed by atoms with van der Waals surface area (Å²) in [6, 6.07) is 9.15. The van der Waals surface area contributed by atoms with Crippen LogP contribution in [0.15, 0.2) is 24.3 Å². The van der Waals surface area contributed by atoms with Gasteiger partial charge in [0.2, 0.25) is 0 Å². The smallest absolute Gasteiger partial charge is 0.0292 e. The first kappa shape index (κ1) is 14.2. The highest BCUT2D eigenvalue weighted by molar-refractivity contribution is 5.23. The molecule has 0 spiro atoms. The largest absolute Gasteiger partial charge is 0.308 e. The average Bonchev–Trinajstić information content (AvgIpc) is 2.27. The first-order valence-electron chi connectivity index (χ1n) is 6.30. The first-order valence-corrected chi connectivity index (χ1v) is 6.30. The predicted molar refractivity (Wildman–Crippen MR) is 75.4 cm³/mol. The molecule has 0 aliphatic carbocycles. The third kappa shape index (κ3) is 4.14. The summed E-state index contributed by atoms with van der Waals surface area (Å²) in [4.78, 5) is 2.25. The molecular formula is C15H26N2. The molecule has 0 aliphatic rings. The van der Waals surface area contributed by atoms with E-state index in [0.717, 1.165) is 6.54 Å². The molecule has 0 radical (unpaired) electrons. The molecule has 1 aromatic rings. The molecular weight excluding hydrogens is 208 g/mol. The Morgan fingerprint density at radius 2 is 1.71 bits per heavy atom.